The monoisotopic (exact) mass is 479 g/mol. The summed E-state index contributed by atoms with van der Waals surface area (Å²) in [5.74, 6) is -1.17. The van der Waals surface area contributed by atoms with Crippen molar-refractivity contribution in [2.45, 2.75) is 45.9 Å². The summed E-state index contributed by atoms with van der Waals surface area (Å²) in [7, 11) is 0. The number of fused-ring (bicyclic) bond motifs is 1. The highest BCUT2D eigenvalue weighted by atomic mass is 32.2. The first-order chi connectivity index (χ1) is 16.3. The van der Waals surface area contributed by atoms with Crippen molar-refractivity contribution in [3.8, 4) is 0 Å². The number of nitrogens with one attached hydrogen (secondary N) is 1. The number of ether oxygens (including phenoxy) is 1. The van der Waals surface area contributed by atoms with Crippen LogP contribution in [0.3, 0.4) is 0 Å². The summed E-state index contributed by atoms with van der Waals surface area (Å²) in [5, 5.41) is 5.31. The molecule has 0 unspecified atom stereocenters. The van der Waals surface area contributed by atoms with Gasteiger partial charge in [-0.25, -0.2) is 14.2 Å². The number of thioether (sulfide) groups is 1. The smallest absolute Gasteiger partial charge is 0.338 e. The number of nitrogens with zero attached hydrogens (tertiary/aromatic N) is 2. The Morgan fingerprint density at radius 1 is 1.15 bits per heavy atom. The first-order valence-electron chi connectivity index (χ1n) is 11.0. The molecule has 0 spiro atoms. The van der Waals surface area contributed by atoms with E-state index in [0.717, 1.165) is 5.56 Å². The number of rotatable bonds is 7. The summed E-state index contributed by atoms with van der Waals surface area (Å²) in [5.41, 5.74) is 2.53. The van der Waals surface area contributed by atoms with Crippen LogP contribution in [0.15, 0.2) is 82.0 Å². The van der Waals surface area contributed by atoms with Gasteiger partial charge in [0.05, 0.1) is 23.7 Å². The third-order valence-corrected chi connectivity index (χ3v) is 6.31. The van der Waals surface area contributed by atoms with Gasteiger partial charge in [-0.2, -0.15) is 0 Å². The van der Waals surface area contributed by atoms with Crippen LogP contribution >= 0.6 is 11.8 Å². The summed E-state index contributed by atoms with van der Waals surface area (Å²) < 4.78 is 20.7. The molecule has 0 radical (unpaired) electrons. The van der Waals surface area contributed by atoms with Crippen LogP contribution in [0.2, 0.25) is 0 Å². The van der Waals surface area contributed by atoms with E-state index in [0.29, 0.717) is 22.1 Å². The van der Waals surface area contributed by atoms with Crippen molar-refractivity contribution in [1.82, 2.24) is 10.2 Å². The molecule has 8 heteroatoms. The van der Waals surface area contributed by atoms with E-state index >= 15 is 4.39 Å². The lowest BCUT2D eigenvalue weighted by molar-refractivity contribution is -0.141. The number of amides is 1. The molecular formula is C26H26FN3O3S. The normalized spacial score (nSPS) is 17.3. The number of hydrogen-bond acceptors (Lipinski definition) is 6. The summed E-state index contributed by atoms with van der Waals surface area (Å²) >= 11 is 1.35. The lowest BCUT2D eigenvalue weighted by Crippen LogP contribution is -2.39. The molecule has 2 aromatic rings. The molecule has 34 heavy (non-hydrogen) atoms. The van der Waals surface area contributed by atoms with Crippen molar-refractivity contribution in [1.29, 1.82) is 0 Å². The molecule has 0 fully saturated rings. The minimum atomic E-state index is -0.801. The fraction of sp³-hybridized carbons (Fsp3) is 0.269. The van der Waals surface area contributed by atoms with Gasteiger partial charge < -0.3 is 15.0 Å². The third-order valence-electron chi connectivity index (χ3n) is 5.42. The molecule has 0 bridgehead atoms. The second-order valence-electron chi connectivity index (χ2n) is 8.38. The maximum absolute atomic E-state index is 15.1. The second-order valence-corrected chi connectivity index (χ2v) is 9.21. The van der Waals surface area contributed by atoms with Crippen molar-refractivity contribution >= 4 is 28.8 Å². The Labute approximate surface area is 202 Å². The maximum Gasteiger partial charge on any atom is 0.338 e. The molecular weight excluding hydrogens is 453 g/mol. The van der Waals surface area contributed by atoms with E-state index in [1.165, 1.54) is 17.8 Å². The molecule has 4 rings (SSSR count). The first-order valence-corrected chi connectivity index (χ1v) is 11.9. The van der Waals surface area contributed by atoms with Crippen LogP contribution in [0.1, 0.15) is 44.4 Å². The van der Waals surface area contributed by atoms with E-state index in [1.54, 1.807) is 30.0 Å². The van der Waals surface area contributed by atoms with E-state index in [9.17, 15) is 9.59 Å². The van der Waals surface area contributed by atoms with E-state index < -0.39 is 17.8 Å². The molecule has 1 N–H and O–H groups in total. The molecule has 176 valence electrons. The maximum atomic E-state index is 15.1. The van der Waals surface area contributed by atoms with Crippen LogP contribution in [0, 0.1) is 5.82 Å². The SMILES string of the molecule is CC1=C(C(=O)OCc2ccccc2)[C@H](c2ccccc2F)N2C(CC(=O)NC(C)C)=CSC2=N1. The zero-order chi connectivity index (χ0) is 24.2. The Hall–Kier alpha value is -3.39. The summed E-state index contributed by atoms with van der Waals surface area (Å²) in [4.78, 5) is 32.2. The fourth-order valence-corrected chi connectivity index (χ4v) is 4.92. The van der Waals surface area contributed by atoms with Gasteiger partial charge in [-0.3, -0.25) is 4.79 Å². The Balaban J connectivity index is 1.69. The number of halogens is 1. The zero-order valence-electron chi connectivity index (χ0n) is 19.2. The largest absolute Gasteiger partial charge is 0.457 e. The average molecular weight is 480 g/mol. The predicted molar refractivity (Wildman–Crippen MR) is 131 cm³/mol. The third kappa shape index (κ3) is 5.07. The van der Waals surface area contributed by atoms with Gasteiger partial charge in [0, 0.05) is 17.3 Å². The topological polar surface area (TPSA) is 71.0 Å². The fourth-order valence-electron chi connectivity index (χ4n) is 3.96. The van der Waals surface area contributed by atoms with E-state index in [4.69, 9.17) is 4.74 Å². The van der Waals surface area contributed by atoms with Gasteiger partial charge in [0.25, 0.3) is 0 Å². The minimum absolute atomic E-state index is 0.00956. The zero-order valence-corrected chi connectivity index (χ0v) is 20.1. The predicted octanol–water partition coefficient (Wildman–Crippen LogP) is 5.06. The molecule has 6 nitrogen and oxygen atoms in total. The minimum Gasteiger partial charge on any atom is -0.457 e. The first kappa shape index (κ1) is 23.8. The lowest BCUT2D eigenvalue weighted by Gasteiger charge is -2.36. The van der Waals surface area contributed by atoms with E-state index in [1.807, 2.05) is 49.6 Å². The van der Waals surface area contributed by atoms with Gasteiger partial charge in [-0.15, -0.1) is 0 Å². The van der Waals surface area contributed by atoms with E-state index in [-0.39, 0.29) is 30.5 Å². The number of benzene rings is 2. The highest BCUT2D eigenvalue weighted by Gasteiger charge is 2.42. The van der Waals surface area contributed by atoms with Crippen molar-refractivity contribution in [3.63, 3.8) is 0 Å². The lowest BCUT2D eigenvalue weighted by atomic mass is 9.93. The Kier molecular flexibility index (Phi) is 7.17. The Bertz CT molecular complexity index is 1190. The van der Waals surface area contributed by atoms with Crippen LogP contribution in [-0.4, -0.2) is 28.0 Å². The number of allylic oxidation sites excluding steroid dienone is 1. The van der Waals surface area contributed by atoms with Crippen molar-refractivity contribution in [2.75, 3.05) is 0 Å². The Morgan fingerprint density at radius 3 is 2.56 bits per heavy atom. The van der Waals surface area contributed by atoms with Gasteiger partial charge in [0.1, 0.15) is 12.4 Å². The molecule has 0 aromatic heterocycles. The van der Waals surface area contributed by atoms with Crippen molar-refractivity contribution in [3.05, 3.63) is 93.9 Å². The molecule has 2 aliphatic heterocycles. The number of carbonyl (C=O) groups is 2. The standard InChI is InChI=1S/C26H26FN3O3S/c1-16(2)28-22(31)13-19-15-34-26-29-17(3)23(25(32)33-14-18-9-5-4-6-10-18)24(30(19)26)20-11-7-8-12-21(20)27/h4-12,15-16,24H,13-14H2,1-3H3,(H,28,31)/t24-/m0/s1. The average Bonchev–Trinajstić information content (AvgIpc) is 3.19. The highest BCUT2D eigenvalue weighted by molar-refractivity contribution is 8.16. The summed E-state index contributed by atoms with van der Waals surface area (Å²) in [6.45, 7) is 5.59. The second kappa shape index (κ2) is 10.3. The molecule has 0 aliphatic carbocycles. The molecule has 1 atom stereocenters. The molecule has 2 heterocycles. The summed E-state index contributed by atoms with van der Waals surface area (Å²) in [6.07, 6.45) is 0.0839. The van der Waals surface area contributed by atoms with Crippen LogP contribution in [0.4, 0.5) is 4.39 Å². The number of amidine groups is 1. The van der Waals surface area contributed by atoms with Gasteiger partial charge in [0.2, 0.25) is 5.91 Å². The van der Waals surface area contributed by atoms with Crippen LogP contribution in [-0.2, 0) is 20.9 Å². The van der Waals surface area contributed by atoms with Gasteiger partial charge in [0.15, 0.2) is 5.17 Å². The molecule has 0 saturated carbocycles. The molecule has 2 aliphatic rings. The van der Waals surface area contributed by atoms with Gasteiger partial charge in [-0.05, 0) is 37.8 Å². The molecule has 1 amide bonds. The van der Waals surface area contributed by atoms with Crippen molar-refractivity contribution < 1.29 is 18.7 Å². The molecule has 2 aromatic carbocycles. The quantitative estimate of drug-likeness (QED) is 0.562. The van der Waals surface area contributed by atoms with Crippen LogP contribution in [0.25, 0.3) is 0 Å². The van der Waals surface area contributed by atoms with Crippen LogP contribution < -0.4 is 5.32 Å². The number of hydrogen-bond donors (Lipinski definition) is 1. The highest BCUT2D eigenvalue weighted by Crippen LogP contribution is 2.45. The molecule has 0 saturated heterocycles. The van der Waals surface area contributed by atoms with Gasteiger partial charge in [-0.1, -0.05) is 60.3 Å². The van der Waals surface area contributed by atoms with Crippen LogP contribution in [0.5, 0.6) is 0 Å². The van der Waals surface area contributed by atoms with Crippen molar-refractivity contribution in [2.24, 2.45) is 4.99 Å². The van der Waals surface area contributed by atoms with Gasteiger partial charge >= 0.3 is 5.97 Å². The number of carbonyl (C=O) groups excluding carboxylic acids is 2. The summed E-state index contributed by atoms with van der Waals surface area (Å²) in [6, 6.07) is 14.9. The number of esters is 1. The number of aliphatic imine (C=N–C) groups is 1. The van der Waals surface area contributed by atoms with E-state index in [2.05, 4.69) is 10.3 Å². The Morgan fingerprint density at radius 2 is 1.85 bits per heavy atom.